The summed E-state index contributed by atoms with van der Waals surface area (Å²) in [6.07, 6.45) is -4.33. The molecular formula is C48H59NO13. The predicted octanol–water partition coefficient (Wildman–Crippen LogP) is 5.95. The molecule has 0 aromatic heterocycles. The summed E-state index contributed by atoms with van der Waals surface area (Å²) in [5.74, 6) is -4.30. The third-order valence-electron chi connectivity index (χ3n) is 10.8. The molecule has 14 nitrogen and oxygen atoms in total. The molecule has 2 aliphatic heterocycles. The van der Waals surface area contributed by atoms with E-state index in [0.29, 0.717) is 5.56 Å². The second-order valence-electron chi connectivity index (χ2n) is 16.3. The van der Waals surface area contributed by atoms with Gasteiger partial charge in [0.1, 0.15) is 30.0 Å². The number of allylic oxidation sites excluding steroid dienone is 1. The molecule has 2 aliphatic rings. The average molecular weight is 858 g/mol. The van der Waals surface area contributed by atoms with Crippen molar-refractivity contribution in [3.63, 3.8) is 0 Å². The van der Waals surface area contributed by atoms with Crippen LogP contribution >= 0.6 is 0 Å². The summed E-state index contributed by atoms with van der Waals surface area (Å²) in [4.78, 5) is 68.2. The van der Waals surface area contributed by atoms with Gasteiger partial charge in [-0.2, -0.15) is 0 Å². The maximum absolute atomic E-state index is 14.4. The lowest BCUT2D eigenvalue weighted by Crippen LogP contribution is -2.61. The van der Waals surface area contributed by atoms with E-state index in [1.807, 2.05) is 74.5 Å². The number of imide groups is 1. The van der Waals surface area contributed by atoms with Crippen LogP contribution in [0.25, 0.3) is 0 Å². The highest BCUT2D eigenvalue weighted by Gasteiger charge is 2.54. The molecule has 2 amide bonds. The van der Waals surface area contributed by atoms with Crippen molar-refractivity contribution in [2.45, 2.75) is 116 Å². The Morgan fingerprint density at radius 1 is 0.806 bits per heavy atom. The lowest BCUT2D eigenvalue weighted by Gasteiger charge is -2.45. The fraction of sp³-hybridized carbons (Fsp3) is 0.479. The van der Waals surface area contributed by atoms with Gasteiger partial charge in [-0.1, -0.05) is 105 Å². The van der Waals surface area contributed by atoms with Gasteiger partial charge in [0.05, 0.1) is 31.8 Å². The Morgan fingerprint density at radius 2 is 1.37 bits per heavy atom. The van der Waals surface area contributed by atoms with Crippen molar-refractivity contribution in [2.24, 2.45) is 11.8 Å². The topological polar surface area (TPSA) is 173 Å². The van der Waals surface area contributed by atoms with Crippen LogP contribution in [0.15, 0.2) is 103 Å². The molecule has 3 aromatic carbocycles. The number of cyclic esters (lactones) is 1. The fourth-order valence-electron chi connectivity index (χ4n) is 8.11. The minimum atomic E-state index is -1.65. The van der Waals surface area contributed by atoms with E-state index in [1.54, 1.807) is 44.2 Å². The first-order valence-corrected chi connectivity index (χ1v) is 21.0. The minimum absolute atomic E-state index is 0.0346. The predicted molar refractivity (Wildman–Crippen MR) is 226 cm³/mol. The van der Waals surface area contributed by atoms with Gasteiger partial charge in [-0.25, -0.2) is 9.69 Å². The fourth-order valence-corrected chi connectivity index (χ4v) is 8.11. The molecule has 334 valence electrons. The number of ether oxygens (including phenoxy) is 7. The van der Waals surface area contributed by atoms with E-state index < -0.39 is 83.9 Å². The first kappa shape index (κ1) is 48.0. The van der Waals surface area contributed by atoms with Crippen LogP contribution in [0.4, 0.5) is 4.79 Å². The molecule has 8 atom stereocenters. The number of benzene rings is 3. The van der Waals surface area contributed by atoms with E-state index in [9.17, 15) is 29.1 Å². The van der Waals surface area contributed by atoms with Crippen LogP contribution in [0.3, 0.4) is 0 Å². The number of carbonyl (C=O) groups is 5. The van der Waals surface area contributed by atoms with Crippen LogP contribution in [0.2, 0.25) is 0 Å². The molecule has 5 rings (SSSR count). The van der Waals surface area contributed by atoms with Crippen LogP contribution in [-0.4, -0.2) is 108 Å². The van der Waals surface area contributed by atoms with Crippen LogP contribution < -0.4 is 0 Å². The Balaban J connectivity index is 1.28. The van der Waals surface area contributed by atoms with Gasteiger partial charge >= 0.3 is 12.1 Å². The Hall–Kier alpha value is -5.09. The Morgan fingerprint density at radius 3 is 1.90 bits per heavy atom. The first-order valence-electron chi connectivity index (χ1n) is 21.0. The maximum atomic E-state index is 14.4. The second kappa shape index (κ2) is 22.8. The molecule has 0 aliphatic carbocycles. The van der Waals surface area contributed by atoms with Crippen molar-refractivity contribution < 1.29 is 62.2 Å². The van der Waals surface area contributed by atoms with Gasteiger partial charge < -0.3 is 38.3 Å². The number of aliphatic hydroxyl groups excluding tert-OH is 1. The highest BCUT2D eigenvalue weighted by Crippen LogP contribution is 2.36. The van der Waals surface area contributed by atoms with Crippen LogP contribution in [0.1, 0.15) is 64.2 Å². The van der Waals surface area contributed by atoms with Gasteiger partial charge in [0.15, 0.2) is 24.0 Å². The van der Waals surface area contributed by atoms with Gasteiger partial charge in [0, 0.05) is 27.1 Å². The van der Waals surface area contributed by atoms with Crippen molar-refractivity contribution in [3.05, 3.63) is 120 Å². The molecule has 2 heterocycles. The minimum Gasteiger partial charge on any atom is -0.453 e. The molecule has 0 bridgehead atoms. The molecule has 0 radical (unpaired) electrons. The number of ketones is 2. The zero-order chi connectivity index (χ0) is 44.8. The van der Waals surface area contributed by atoms with Gasteiger partial charge in [-0.3, -0.25) is 19.2 Å². The summed E-state index contributed by atoms with van der Waals surface area (Å²) in [6, 6.07) is 27.3. The highest BCUT2D eigenvalue weighted by atomic mass is 16.7. The number of hydrogen-bond acceptors (Lipinski definition) is 13. The van der Waals surface area contributed by atoms with Crippen LogP contribution in [0, 0.1) is 11.8 Å². The second-order valence-corrected chi connectivity index (χ2v) is 16.3. The zero-order valence-electron chi connectivity index (χ0n) is 36.3. The quantitative estimate of drug-likeness (QED) is 0.0714. The normalized spacial score (nSPS) is 23.2. The number of methoxy groups -OCH3 is 1. The molecular weight excluding hydrogens is 799 g/mol. The van der Waals surface area contributed by atoms with E-state index in [4.69, 9.17) is 33.2 Å². The molecule has 3 aromatic rings. The zero-order valence-corrected chi connectivity index (χ0v) is 36.3. The lowest BCUT2D eigenvalue weighted by molar-refractivity contribution is -0.319. The van der Waals surface area contributed by atoms with Gasteiger partial charge in [0.25, 0.3) is 0 Å². The number of rotatable bonds is 22. The molecule has 2 fully saturated rings. The third-order valence-corrected chi connectivity index (χ3v) is 10.8. The van der Waals surface area contributed by atoms with Crippen LogP contribution in [-0.2, 0) is 72.0 Å². The number of carbonyl (C=O) groups excluding carboxylic acids is 5. The van der Waals surface area contributed by atoms with Gasteiger partial charge in [0.2, 0.25) is 5.91 Å². The van der Waals surface area contributed by atoms with E-state index in [-0.39, 0.29) is 51.6 Å². The summed E-state index contributed by atoms with van der Waals surface area (Å²) >= 11 is 0. The van der Waals surface area contributed by atoms with Crippen molar-refractivity contribution in [1.82, 2.24) is 4.90 Å². The molecule has 62 heavy (non-hydrogen) atoms. The van der Waals surface area contributed by atoms with E-state index >= 15 is 0 Å². The summed E-state index contributed by atoms with van der Waals surface area (Å²) in [6.45, 7) is 8.40. The number of esters is 1. The standard InChI is InChI=1S/C48H59NO13/c1-31(2)44-48(4,5)62-47(55)49(44)45(54)37(27-33-17-10-7-11-18-33)40(60-32(3)51)38(53)25-24-36(52)23-16-26-57-43-42(59-30-35-21-14-9-15-22-35)41(39(28-50)61-46(43)56-6)58-29-34-19-12-8-13-20-34/h7-15,17-22,24-25,31,37,39-44,46,50H,16,23,26-30H2,1-6H3. The Bertz CT molecular complexity index is 1950. The number of aliphatic hydroxyl groups is 1. The number of hydrogen-bond donors (Lipinski definition) is 1. The maximum Gasteiger partial charge on any atom is 0.417 e. The summed E-state index contributed by atoms with van der Waals surface area (Å²) in [5, 5.41) is 10.3. The van der Waals surface area contributed by atoms with Crippen molar-refractivity contribution in [1.29, 1.82) is 0 Å². The number of nitrogens with zero attached hydrogens (tertiary/aromatic N) is 1. The summed E-state index contributed by atoms with van der Waals surface area (Å²) < 4.78 is 42.0. The molecule has 14 heteroatoms. The van der Waals surface area contributed by atoms with E-state index in [1.165, 1.54) is 7.11 Å². The van der Waals surface area contributed by atoms with E-state index in [0.717, 1.165) is 35.1 Å². The third kappa shape index (κ3) is 12.7. The first-order chi connectivity index (χ1) is 29.7. The molecule has 2 saturated heterocycles. The average Bonchev–Trinajstić information content (AvgIpc) is 3.52. The largest absolute Gasteiger partial charge is 0.453 e. The van der Waals surface area contributed by atoms with Crippen molar-refractivity contribution in [3.8, 4) is 0 Å². The van der Waals surface area contributed by atoms with E-state index in [2.05, 4.69) is 0 Å². The van der Waals surface area contributed by atoms with Gasteiger partial charge in [-0.15, -0.1) is 0 Å². The summed E-state index contributed by atoms with van der Waals surface area (Å²) in [5.41, 5.74) is 1.48. The monoisotopic (exact) mass is 857 g/mol. The Labute approximate surface area is 363 Å². The Kier molecular flexibility index (Phi) is 17.7. The molecule has 0 saturated carbocycles. The van der Waals surface area contributed by atoms with Crippen molar-refractivity contribution in [2.75, 3.05) is 20.3 Å². The SMILES string of the molecule is COC1OC(CO)C(OCc2ccccc2)C(OCc2ccccc2)C1OCCCC(=O)C=CC(=O)C(OC(C)=O)C(Cc1ccccc1)C(=O)N1C(=O)OC(C)(C)C1C(C)C. The molecule has 8 unspecified atom stereocenters. The highest BCUT2D eigenvalue weighted by molar-refractivity contribution is 6.05. The smallest absolute Gasteiger partial charge is 0.417 e. The molecule has 0 spiro atoms. The summed E-state index contributed by atoms with van der Waals surface area (Å²) in [7, 11) is 1.46. The number of amides is 2. The van der Waals surface area contributed by atoms with Crippen LogP contribution in [0.5, 0.6) is 0 Å². The molecule has 1 N–H and O–H groups in total. The lowest BCUT2D eigenvalue weighted by atomic mass is 9.85. The van der Waals surface area contributed by atoms with Crippen molar-refractivity contribution >= 4 is 29.5 Å². The van der Waals surface area contributed by atoms with Gasteiger partial charge in [-0.05, 0) is 61.4 Å².